The van der Waals surface area contributed by atoms with Crippen molar-refractivity contribution in [1.29, 1.82) is 0 Å². The van der Waals surface area contributed by atoms with Crippen LogP contribution in [0.4, 0.5) is 5.69 Å². The second-order valence-corrected chi connectivity index (χ2v) is 10.6. The van der Waals surface area contributed by atoms with E-state index < -0.39 is 22.0 Å². The molecule has 0 bridgehead atoms. The van der Waals surface area contributed by atoms with Gasteiger partial charge < -0.3 is 15.0 Å². The third kappa shape index (κ3) is 6.50. The second kappa shape index (κ2) is 11.4. The fraction of sp³-hybridized carbons (Fsp3) is 0.259. The van der Waals surface area contributed by atoms with Crippen molar-refractivity contribution in [2.75, 3.05) is 30.8 Å². The first-order valence-electron chi connectivity index (χ1n) is 11.7. The fourth-order valence-corrected chi connectivity index (χ4v) is 4.77. The first kappa shape index (κ1) is 25.4. The molecule has 0 saturated heterocycles. The number of anilines is 1. The number of nitrogens with one attached hydrogen (secondary N) is 1. The van der Waals surface area contributed by atoms with Gasteiger partial charge in [0.15, 0.2) is 6.10 Å². The molecule has 36 heavy (non-hydrogen) atoms. The zero-order valence-electron chi connectivity index (χ0n) is 20.0. The molecule has 9 heteroatoms. The van der Waals surface area contributed by atoms with Crippen molar-refractivity contribution >= 4 is 27.5 Å². The SMILES string of the molecule is CS(=O)(=O)N(CCc1ccccc1)CC(=O)N1C[C@@H](C(=O)NCc2ccccc2)Oc2ccccc21. The van der Waals surface area contributed by atoms with Crippen molar-refractivity contribution in [3.05, 3.63) is 96.1 Å². The van der Waals surface area contributed by atoms with Gasteiger partial charge in [0.05, 0.1) is 25.0 Å². The van der Waals surface area contributed by atoms with Crippen LogP contribution in [-0.2, 0) is 32.6 Å². The van der Waals surface area contributed by atoms with Crippen LogP contribution in [-0.4, -0.2) is 56.5 Å². The summed E-state index contributed by atoms with van der Waals surface area (Å²) in [5.41, 5.74) is 2.42. The molecule has 1 heterocycles. The molecule has 3 aromatic rings. The average Bonchev–Trinajstić information content (AvgIpc) is 2.89. The molecule has 1 N–H and O–H groups in total. The van der Waals surface area contributed by atoms with E-state index in [1.807, 2.05) is 60.7 Å². The predicted octanol–water partition coefficient (Wildman–Crippen LogP) is 2.60. The minimum Gasteiger partial charge on any atom is -0.477 e. The minimum absolute atomic E-state index is 0.0211. The Hall–Kier alpha value is -3.69. The number of carbonyl (C=O) groups is 2. The van der Waals surface area contributed by atoms with Gasteiger partial charge in [0, 0.05) is 13.1 Å². The molecule has 1 aliphatic heterocycles. The number of fused-ring (bicyclic) bond motifs is 1. The van der Waals surface area contributed by atoms with Crippen LogP contribution in [0.5, 0.6) is 5.75 Å². The summed E-state index contributed by atoms with van der Waals surface area (Å²) in [6.07, 6.45) is 0.646. The Kier molecular flexibility index (Phi) is 8.02. The van der Waals surface area contributed by atoms with E-state index in [9.17, 15) is 18.0 Å². The summed E-state index contributed by atoms with van der Waals surface area (Å²) >= 11 is 0. The van der Waals surface area contributed by atoms with E-state index in [2.05, 4.69) is 5.32 Å². The molecule has 0 aromatic heterocycles. The summed E-state index contributed by atoms with van der Waals surface area (Å²) in [4.78, 5) is 27.8. The number of benzene rings is 3. The summed E-state index contributed by atoms with van der Waals surface area (Å²) < 4.78 is 32.0. The molecule has 0 unspecified atom stereocenters. The molecular weight excluding hydrogens is 478 g/mol. The molecule has 0 aliphatic carbocycles. The lowest BCUT2D eigenvalue weighted by Crippen LogP contribution is -2.53. The highest BCUT2D eigenvalue weighted by Crippen LogP contribution is 2.33. The van der Waals surface area contributed by atoms with E-state index in [-0.39, 0.29) is 25.5 Å². The van der Waals surface area contributed by atoms with Gasteiger partial charge in [-0.2, -0.15) is 4.31 Å². The fourth-order valence-electron chi connectivity index (χ4n) is 4.00. The zero-order chi connectivity index (χ0) is 25.5. The Morgan fingerprint density at radius 1 is 0.944 bits per heavy atom. The Balaban J connectivity index is 1.48. The maximum Gasteiger partial charge on any atom is 0.263 e. The van der Waals surface area contributed by atoms with Crippen LogP contribution in [0.25, 0.3) is 0 Å². The zero-order valence-corrected chi connectivity index (χ0v) is 20.9. The van der Waals surface area contributed by atoms with Crippen molar-refractivity contribution in [2.45, 2.75) is 19.1 Å². The summed E-state index contributed by atoms with van der Waals surface area (Å²) in [6.45, 7) is 0.142. The van der Waals surface area contributed by atoms with Crippen LogP contribution in [0.1, 0.15) is 11.1 Å². The molecule has 0 fully saturated rings. The minimum atomic E-state index is -3.64. The topological polar surface area (TPSA) is 96.0 Å². The smallest absolute Gasteiger partial charge is 0.263 e. The quantitative estimate of drug-likeness (QED) is 0.480. The van der Waals surface area contributed by atoms with Crippen molar-refractivity contribution in [3.8, 4) is 5.75 Å². The van der Waals surface area contributed by atoms with E-state index in [0.29, 0.717) is 24.4 Å². The molecule has 3 aromatic carbocycles. The highest BCUT2D eigenvalue weighted by molar-refractivity contribution is 7.88. The molecule has 1 aliphatic rings. The van der Waals surface area contributed by atoms with Gasteiger partial charge in [-0.05, 0) is 29.7 Å². The van der Waals surface area contributed by atoms with Crippen molar-refractivity contribution in [2.24, 2.45) is 0 Å². The maximum atomic E-state index is 13.4. The molecule has 0 radical (unpaired) electrons. The van der Waals surface area contributed by atoms with Gasteiger partial charge in [-0.25, -0.2) is 8.42 Å². The van der Waals surface area contributed by atoms with Gasteiger partial charge in [0.25, 0.3) is 5.91 Å². The summed E-state index contributed by atoms with van der Waals surface area (Å²) in [6, 6.07) is 25.9. The Bertz CT molecular complexity index is 1300. The van der Waals surface area contributed by atoms with Crippen molar-refractivity contribution in [1.82, 2.24) is 9.62 Å². The Morgan fingerprint density at radius 2 is 1.56 bits per heavy atom. The van der Waals surface area contributed by atoms with Gasteiger partial charge in [-0.3, -0.25) is 9.59 Å². The van der Waals surface area contributed by atoms with Crippen LogP contribution in [0, 0.1) is 0 Å². The van der Waals surface area contributed by atoms with E-state index >= 15 is 0 Å². The lowest BCUT2D eigenvalue weighted by molar-refractivity contribution is -0.128. The third-order valence-electron chi connectivity index (χ3n) is 5.95. The number of para-hydroxylation sites is 2. The molecule has 0 saturated carbocycles. The molecule has 0 spiro atoms. The molecule has 8 nitrogen and oxygen atoms in total. The summed E-state index contributed by atoms with van der Waals surface area (Å²) in [5, 5.41) is 2.85. The molecule has 1 atom stereocenters. The lowest BCUT2D eigenvalue weighted by Gasteiger charge is -2.35. The largest absolute Gasteiger partial charge is 0.477 e. The first-order valence-corrected chi connectivity index (χ1v) is 13.5. The molecule has 2 amide bonds. The number of hydrogen-bond acceptors (Lipinski definition) is 5. The normalized spacial score (nSPS) is 15.2. The van der Waals surface area contributed by atoms with Crippen LogP contribution in [0.3, 0.4) is 0 Å². The predicted molar refractivity (Wildman–Crippen MR) is 138 cm³/mol. The number of nitrogens with zero attached hydrogens (tertiary/aromatic N) is 2. The number of hydrogen-bond donors (Lipinski definition) is 1. The third-order valence-corrected chi connectivity index (χ3v) is 7.20. The maximum absolute atomic E-state index is 13.4. The van der Waals surface area contributed by atoms with Gasteiger partial charge in [0.2, 0.25) is 15.9 Å². The number of rotatable bonds is 9. The number of sulfonamides is 1. The van der Waals surface area contributed by atoms with E-state index in [1.165, 1.54) is 9.21 Å². The lowest BCUT2D eigenvalue weighted by atomic mass is 10.1. The van der Waals surface area contributed by atoms with Gasteiger partial charge in [-0.15, -0.1) is 0 Å². The Morgan fingerprint density at radius 3 is 2.22 bits per heavy atom. The van der Waals surface area contributed by atoms with Crippen LogP contribution in [0.2, 0.25) is 0 Å². The van der Waals surface area contributed by atoms with E-state index in [4.69, 9.17) is 4.74 Å². The van der Waals surface area contributed by atoms with E-state index in [1.54, 1.807) is 24.3 Å². The van der Waals surface area contributed by atoms with Crippen LogP contribution >= 0.6 is 0 Å². The second-order valence-electron chi connectivity index (χ2n) is 8.61. The number of amides is 2. The van der Waals surface area contributed by atoms with Gasteiger partial charge >= 0.3 is 0 Å². The Labute approximate surface area is 211 Å². The standard InChI is InChI=1S/C27H29N3O5S/c1-36(33,34)29(17-16-21-10-4-2-5-11-21)20-26(31)30-19-25(35-24-15-9-8-14-23(24)30)27(32)28-18-22-12-6-3-7-13-22/h2-15,25H,16-20H2,1H3,(H,28,32)/t25-/m0/s1. The summed E-state index contributed by atoms with van der Waals surface area (Å²) in [7, 11) is -3.64. The first-order chi connectivity index (χ1) is 17.3. The van der Waals surface area contributed by atoms with Crippen molar-refractivity contribution in [3.63, 3.8) is 0 Å². The van der Waals surface area contributed by atoms with Crippen LogP contribution in [0.15, 0.2) is 84.9 Å². The molecule has 4 rings (SSSR count). The monoisotopic (exact) mass is 507 g/mol. The highest BCUT2D eigenvalue weighted by atomic mass is 32.2. The van der Waals surface area contributed by atoms with Gasteiger partial charge in [0.1, 0.15) is 5.75 Å². The molecular formula is C27H29N3O5S. The van der Waals surface area contributed by atoms with Gasteiger partial charge in [-0.1, -0.05) is 72.8 Å². The number of carbonyl (C=O) groups excluding carboxylic acids is 2. The van der Waals surface area contributed by atoms with Crippen molar-refractivity contribution < 1.29 is 22.7 Å². The van der Waals surface area contributed by atoms with Crippen LogP contribution < -0.4 is 15.0 Å². The molecule has 188 valence electrons. The number of ether oxygens (including phenoxy) is 1. The highest BCUT2D eigenvalue weighted by Gasteiger charge is 2.35. The average molecular weight is 508 g/mol. The summed E-state index contributed by atoms with van der Waals surface area (Å²) in [5.74, 6) is -0.382. The van der Waals surface area contributed by atoms with E-state index in [0.717, 1.165) is 17.4 Å².